The maximum Gasteiger partial charge on any atom is 0.220 e. The molecule has 0 fully saturated rings. The van der Waals surface area contributed by atoms with E-state index in [2.05, 4.69) is 5.32 Å². The van der Waals surface area contributed by atoms with E-state index in [1.807, 2.05) is 0 Å². The van der Waals surface area contributed by atoms with Gasteiger partial charge in [-0.2, -0.15) is 0 Å². The fourth-order valence-corrected chi connectivity index (χ4v) is 0.661. The molecule has 0 bridgehead atoms. The summed E-state index contributed by atoms with van der Waals surface area (Å²) < 4.78 is 0. The predicted octanol–water partition coefficient (Wildman–Crippen LogP) is 0.0803. The molecule has 0 aliphatic rings. The summed E-state index contributed by atoms with van der Waals surface area (Å²) in [5.41, 5.74) is 5.16. The van der Waals surface area contributed by atoms with Crippen molar-refractivity contribution in [2.45, 2.75) is 12.8 Å². The van der Waals surface area contributed by atoms with Crippen LogP contribution in [0.3, 0.4) is 0 Å². The van der Waals surface area contributed by atoms with Crippen molar-refractivity contribution >= 4 is 17.5 Å². The summed E-state index contributed by atoms with van der Waals surface area (Å²) in [5, 5.41) is 2.64. The van der Waals surface area contributed by atoms with Gasteiger partial charge < -0.3 is 11.1 Å². The summed E-state index contributed by atoms with van der Waals surface area (Å²) in [6.07, 6.45) is 1.24. The Morgan fingerprint density at radius 3 is 2.80 bits per heavy atom. The van der Waals surface area contributed by atoms with E-state index < -0.39 is 0 Å². The summed E-state index contributed by atoms with van der Waals surface area (Å²) in [4.78, 5) is 10.7. The number of hydrogen-bond donors (Lipinski definition) is 2. The highest BCUT2D eigenvalue weighted by Crippen LogP contribution is 1.90. The highest BCUT2D eigenvalue weighted by molar-refractivity contribution is 6.17. The number of carbonyl (C=O) groups excluding carboxylic acids is 1. The van der Waals surface area contributed by atoms with E-state index in [9.17, 15) is 4.79 Å². The lowest BCUT2D eigenvalue weighted by Gasteiger charge is -2.00. The van der Waals surface area contributed by atoms with Crippen LogP contribution < -0.4 is 11.1 Å². The van der Waals surface area contributed by atoms with Gasteiger partial charge in [0.15, 0.2) is 0 Å². The third-order valence-corrected chi connectivity index (χ3v) is 1.27. The van der Waals surface area contributed by atoms with Crippen LogP contribution >= 0.6 is 11.6 Å². The van der Waals surface area contributed by atoms with Gasteiger partial charge in [-0.3, -0.25) is 4.79 Å². The number of rotatable bonds is 5. The van der Waals surface area contributed by atoms with Gasteiger partial charge in [0.2, 0.25) is 5.91 Å². The van der Waals surface area contributed by atoms with Crippen LogP contribution in [0.25, 0.3) is 0 Å². The van der Waals surface area contributed by atoms with Crippen LogP contribution in [0.2, 0.25) is 0 Å². The van der Waals surface area contributed by atoms with E-state index in [0.717, 1.165) is 6.42 Å². The molecule has 3 nitrogen and oxygen atoms in total. The quantitative estimate of drug-likeness (QED) is 0.566. The number of nitrogens with two attached hydrogens (primary N) is 1. The van der Waals surface area contributed by atoms with Gasteiger partial charge in [0, 0.05) is 25.4 Å². The zero-order valence-corrected chi connectivity index (χ0v) is 6.66. The van der Waals surface area contributed by atoms with E-state index in [1.54, 1.807) is 0 Å². The van der Waals surface area contributed by atoms with Gasteiger partial charge in [0.05, 0.1) is 0 Å². The van der Waals surface area contributed by atoms with Crippen molar-refractivity contribution in [1.29, 1.82) is 0 Å². The smallest absolute Gasteiger partial charge is 0.220 e. The zero-order chi connectivity index (χ0) is 7.82. The molecule has 0 spiro atoms. The van der Waals surface area contributed by atoms with Crippen molar-refractivity contribution in [2.24, 2.45) is 5.73 Å². The summed E-state index contributed by atoms with van der Waals surface area (Å²) in [7, 11) is 0. The first-order chi connectivity index (χ1) is 4.81. The minimum atomic E-state index is 0.0334. The van der Waals surface area contributed by atoms with Gasteiger partial charge >= 0.3 is 0 Å². The molecular formula is C6H13ClN2O. The van der Waals surface area contributed by atoms with Crippen LogP contribution in [0, 0.1) is 0 Å². The molecule has 0 heterocycles. The molecule has 0 aromatic carbocycles. The Balaban J connectivity index is 3.09. The Kier molecular flexibility index (Phi) is 6.64. The maximum atomic E-state index is 10.7. The first-order valence-electron chi connectivity index (χ1n) is 3.34. The molecule has 0 radical (unpaired) electrons. The normalized spacial score (nSPS) is 9.40. The van der Waals surface area contributed by atoms with Crippen LogP contribution in [0.5, 0.6) is 0 Å². The zero-order valence-electron chi connectivity index (χ0n) is 5.90. The van der Waals surface area contributed by atoms with Crippen LogP contribution in [-0.2, 0) is 4.79 Å². The van der Waals surface area contributed by atoms with E-state index in [0.29, 0.717) is 25.4 Å². The molecule has 60 valence electrons. The van der Waals surface area contributed by atoms with Gasteiger partial charge in [-0.15, -0.1) is 11.6 Å². The second-order valence-corrected chi connectivity index (χ2v) is 2.31. The van der Waals surface area contributed by atoms with Crippen molar-refractivity contribution in [3.05, 3.63) is 0 Å². The van der Waals surface area contributed by atoms with E-state index in [-0.39, 0.29) is 5.91 Å². The minimum Gasteiger partial charge on any atom is -0.355 e. The van der Waals surface area contributed by atoms with Crippen LogP contribution in [0.4, 0.5) is 0 Å². The lowest BCUT2D eigenvalue weighted by Crippen LogP contribution is -2.28. The first-order valence-corrected chi connectivity index (χ1v) is 3.87. The summed E-state index contributed by atoms with van der Waals surface area (Å²) >= 11 is 5.37. The molecule has 0 aromatic heterocycles. The Morgan fingerprint density at radius 2 is 2.30 bits per heavy atom. The monoisotopic (exact) mass is 164 g/mol. The molecule has 0 aromatic rings. The van der Waals surface area contributed by atoms with Gasteiger partial charge in [0.25, 0.3) is 0 Å². The Morgan fingerprint density at radius 1 is 1.60 bits per heavy atom. The molecule has 0 unspecified atom stereocenters. The average molecular weight is 165 g/mol. The summed E-state index contributed by atoms with van der Waals surface area (Å²) in [6, 6.07) is 0. The third-order valence-electron chi connectivity index (χ3n) is 1.00. The Bertz CT molecular complexity index is 87.7. The fourth-order valence-electron chi connectivity index (χ4n) is 0.527. The molecule has 0 atom stereocenters. The molecule has 4 heteroatoms. The van der Waals surface area contributed by atoms with Gasteiger partial charge in [0.1, 0.15) is 0 Å². The number of amides is 1. The Hall–Kier alpha value is -0.280. The van der Waals surface area contributed by atoms with Crippen LogP contribution in [0.1, 0.15) is 12.8 Å². The highest BCUT2D eigenvalue weighted by atomic mass is 35.5. The van der Waals surface area contributed by atoms with Gasteiger partial charge in [-0.1, -0.05) is 0 Å². The largest absolute Gasteiger partial charge is 0.355 e. The van der Waals surface area contributed by atoms with Crippen molar-refractivity contribution in [2.75, 3.05) is 19.0 Å². The molecule has 0 aliphatic heterocycles. The van der Waals surface area contributed by atoms with Crippen molar-refractivity contribution < 1.29 is 4.79 Å². The summed E-state index contributed by atoms with van der Waals surface area (Å²) in [5.74, 6) is 0.571. The van der Waals surface area contributed by atoms with Crippen molar-refractivity contribution in [3.63, 3.8) is 0 Å². The number of nitrogens with one attached hydrogen (secondary N) is 1. The fraction of sp³-hybridized carbons (Fsp3) is 0.833. The second kappa shape index (κ2) is 6.83. The van der Waals surface area contributed by atoms with E-state index >= 15 is 0 Å². The lowest BCUT2D eigenvalue weighted by molar-refractivity contribution is -0.121. The van der Waals surface area contributed by atoms with Crippen LogP contribution in [-0.4, -0.2) is 24.9 Å². The SMILES string of the molecule is NCCNC(=O)CCCCl. The van der Waals surface area contributed by atoms with Crippen molar-refractivity contribution in [1.82, 2.24) is 5.32 Å². The molecule has 1 amide bonds. The average Bonchev–Trinajstić information content (AvgIpc) is 1.97. The number of carbonyl (C=O) groups is 1. The molecule has 0 saturated heterocycles. The number of halogens is 1. The highest BCUT2D eigenvalue weighted by Gasteiger charge is 1.96. The topological polar surface area (TPSA) is 55.1 Å². The lowest BCUT2D eigenvalue weighted by atomic mass is 10.3. The molecule has 10 heavy (non-hydrogen) atoms. The maximum absolute atomic E-state index is 10.7. The van der Waals surface area contributed by atoms with E-state index in [4.69, 9.17) is 17.3 Å². The standard InChI is InChI=1S/C6H13ClN2O/c7-3-1-2-6(10)9-5-4-8/h1-5,8H2,(H,9,10). The van der Waals surface area contributed by atoms with Crippen LogP contribution in [0.15, 0.2) is 0 Å². The molecule has 3 N–H and O–H groups in total. The predicted molar refractivity (Wildman–Crippen MR) is 42.0 cm³/mol. The Labute approximate surface area is 65.9 Å². The minimum absolute atomic E-state index is 0.0334. The number of alkyl halides is 1. The van der Waals surface area contributed by atoms with Gasteiger partial charge in [-0.25, -0.2) is 0 Å². The molecular weight excluding hydrogens is 152 g/mol. The number of hydrogen-bond acceptors (Lipinski definition) is 2. The van der Waals surface area contributed by atoms with Gasteiger partial charge in [-0.05, 0) is 6.42 Å². The molecule has 0 rings (SSSR count). The molecule has 0 aliphatic carbocycles. The third kappa shape index (κ3) is 5.85. The first kappa shape index (κ1) is 9.72. The molecule has 0 saturated carbocycles. The second-order valence-electron chi connectivity index (χ2n) is 1.93. The van der Waals surface area contributed by atoms with Crippen molar-refractivity contribution in [3.8, 4) is 0 Å². The summed E-state index contributed by atoms with van der Waals surface area (Å²) in [6.45, 7) is 1.05. The van der Waals surface area contributed by atoms with E-state index in [1.165, 1.54) is 0 Å².